The summed E-state index contributed by atoms with van der Waals surface area (Å²) in [4.78, 5) is 29.6. The van der Waals surface area contributed by atoms with Crippen LogP contribution < -0.4 is 5.32 Å². The van der Waals surface area contributed by atoms with Crippen LogP contribution in [0, 0.1) is 10.1 Å². The largest absolute Gasteiger partial charge is 0.465 e. The van der Waals surface area contributed by atoms with Crippen LogP contribution in [0.3, 0.4) is 0 Å². The molecule has 21 heavy (non-hydrogen) atoms. The number of hydrogen-bond donors (Lipinski definition) is 1. The molecule has 2 heterocycles. The van der Waals surface area contributed by atoms with Crippen molar-refractivity contribution < 1.29 is 14.5 Å². The fourth-order valence-electron chi connectivity index (χ4n) is 1.68. The lowest BCUT2D eigenvalue weighted by Gasteiger charge is -2.07. The number of nitro groups is 1. The van der Waals surface area contributed by atoms with Crippen molar-refractivity contribution in [3.8, 4) is 0 Å². The third kappa shape index (κ3) is 3.53. The summed E-state index contributed by atoms with van der Waals surface area (Å²) in [7, 11) is 1.20. The van der Waals surface area contributed by atoms with Crippen molar-refractivity contribution in [3.05, 3.63) is 46.7 Å². The zero-order valence-corrected chi connectivity index (χ0v) is 11.2. The van der Waals surface area contributed by atoms with Gasteiger partial charge in [-0.25, -0.2) is 14.8 Å². The molecule has 0 saturated heterocycles. The Morgan fingerprint density at radius 3 is 3.00 bits per heavy atom. The van der Waals surface area contributed by atoms with Gasteiger partial charge in [0.2, 0.25) is 5.82 Å². The van der Waals surface area contributed by atoms with Crippen LogP contribution in [0.15, 0.2) is 31.0 Å². The number of aromatic nitrogens is 3. The monoisotopic (exact) mass is 291 g/mol. The molecule has 1 N–H and O–H groups in total. The van der Waals surface area contributed by atoms with Crippen LogP contribution in [0.2, 0.25) is 0 Å². The fourth-order valence-corrected chi connectivity index (χ4v) is 1.68. The number of carbonyl (C=O) groups excluding carboxylic acids is 1. The molecule has 9 heteroatoms. The molecule has 0 radical (unpaired) electrons. The van der Waals surface area contributed by atoms with E-state index in [2.05, 4.69) is 20.0 Å². The third-order valence-electron chi connectivity index (χ3n) is 2.71. The Bertz CT molecular complexity index is 641. The van der Waals surface area contributed by atoms with E-state index >= 15 is 0 Å². The molecule has 0 saturated carbocycles. The Balaban J connectivity index is 2.11. The van der Waals surface area contributed by atoms with E-state index in [1.165, 1.54) is 13.3 Å². The first kappa shape index (κ1) is 14.4. The van der Waals surface area contributed by atoms with Gasteiger partial charge in [-0.05, 0) is 0 Å². The lowest BCUT2D eigenvalue weighted by Crippen LogP contribution is -2.12. The number of carbonyl (C=O) groups is 1. The second-order valence-electron chi connectivity index (χ2n) is 4.07. The number of methoxy groups -OCH3 is 1. The van der Waals surface area contributed by atoms with E-state index in [4.69, 9.17) is 0 Å². The number of rotatable bonds is 6. The number of pyridine rings is 1. The Morgan fingerprint density at radius 2 is 2.38 bits per heavy atom. The molecule has 0 amide bonds. The molecule has 2 aromatic heterocycles. The van der Waals surface area contributed by atoms with Gasteiger partial charge in [-0.2, -0.15) is 0 Å². The number of imidazole rings is 1. The average molecular weight is 291 g/mol. The second-order valence-corrected chi connectivity index (χ2v) is 4.07. The summed E-state index contributed by atoms with van der Waals surface area (Å²) in [6, 6.07) is 1.14. The zero-order valence-electron chi connectivity index (χ0n) is 11.2. The van der Waals surface area contributed by atoms with Crippen molar-refractivity contribution in [3.63, 3.8) is 0 Å². The van der Waals surface area contributed by atoms with Crippen molar-refractivity contribution in [2.45, 2.75) is 6.54 Å². The van der Waals surface area contributed by atoms with E-state index in [1.54, 1.807) is 18.7 Å². The maximum atomic E-state index is 11.4. The van der Waals surface area contributed by atoms with Crippen LogP contribution in [-0.2, 0) is 11.3 Å². The molecule has 9 nitrogen and oxygen atoms in total. The minimum absolute atomic E-state index is 0.0318. The Morgan fingerprint density at radius 1 is 1.57 bits per heavy atom. The first-order chi connectivity index (χ1) is 10.1. The topological polar surface area (TPSA) is 112 Å². The Kier molecular flexibility index (Phi) is 4.44. The first-order valence-corrected chi connectivity index (χ1v) is 6.04. The minimum Gasteiger partial charge on any atom is -0.465 e. The predicted octanol–water partition coefficient (Wildman–Crippen LogP) is 1.08. The molecule has 0 unspecified atom stereocenters. The Hall–Kier alpha value is -2.97. The molecule has 0 aliphatic rings. The van der Waals surface area contributed by atoms with Crippen molar-refractivity contribution in [1.82, 2.24) is 14.5 Å². The summed E-state index contributed by atoms with van der Waals surface area (Å²) in [5.41, 5.74) is -0.243. The van der Waals surface area contributed by atoms with Crippen LogP contribution in [-0.4, -0.2) is 39.1 Å². The smallest absolute Gasteiger partial charge is 0.339 e. The SMILES string of the molecule is COC(=O)c1cnc(NCCn2ccnc2)c([N+](=O)[O-])c1. The van der Waals surface area contributed by atoms with Gasteiger partial charge in [0.15, 0.2) is 0 Å². The standard InChI is InChI=1S/C12H13N5O4/c1-21-12(18)9-6-10(17(19)20)11(15-7-9)14-3-5-16-4-2-13-8-16/h2,4,6-8H,3,5H2,1H3,(H,14,15). The number of esters is 1. The van der Waals surface area contributed by atoms with Crippen LogP contribution in [0.5, 0.6) is 0 Å². The number of anilines is 1. The van der Waals surface area contributed by atoms with Crippen LogP contribution in [0.25, 0.3) is 0 Å². The molecular weight excluding hydrogens is 278 g/mol. The van der Waals surface area contributed by atoms with Gasteiger partial charge >= 0.3 is 11.7 Å². The highest BCUT2D eigenvalue weighted by atomic mass is 16.6. The van der Waals surface area contributed by atoms with E-state index < -0.39 is 10.9 Å². The van der Waals surface area contributed by atoms with Crippen LogP contribution in [0.4, 0.5) is 11.5 Å². The number of ether oxygens (including phenoxy) is 1. The van der Waals surface area contributed by atoms with Crippen molar-refractivity contribution in [2.75, 3.05) is 19.0 Å². The summed E-state index contributed by atoms with van der Waals surface area (Å²) in [6.45, 7) is 1.01. The van der Waals surface area contributed by atoms with E-state index in [0.29, 0.717) is 13.1 Å². The van der Waals surface area contributed by atoms with Gasteiger partial charge in [0.25, 0.3) is 0 Å². The summed E-state index contributed by atoms with van der Waals surface area (Å²) in [5.74, 6) is -0.566. The maximum absolute atomic E-state index is 11.4. The van der Waals surface area contributed by atoms with Crippen molar-refractivity contribution in [2.24, 2.45) is 0 Å². The van der Waals surface area contributed by atoms with Crippen molar-refractivity contribution in [1.29, 1.82) is 0 Å². The molecule has 0 bridgehead atoms. The molecule has 0 atom stereocenters. The maximum Gasteiger partial charge on any atom is 0.339 e. The highest BCUT2D eigenvalue weighted by Crippen LogP contribution is 2.22. The molecule has 0 spiro atoms. The van der Waals surface area contributed by atoms with Crippen LogP contribution in [0.1, 0.15) is 10.4 Å². The summed E-state index contributed by atoms with van der Waals surface area (Å²) < 4.78 is 6.33. The van der Waals surface area contributed by atoms with Gasteiger partial charge in [0.1, 0.15) is 0 Å². The normalized spacial score (nSPS) is 10.1. The van der Waals surface area contributed by atoms with Gasteiger partial charge in [0.05, 0.1) is 23.9 Å². The van der Waals surface area contributed by atoms with Crippen molar-refractivity contribution >= 4 is 17.5 Å². The fraction of sp³-hybridized carbons (Fsp3) is 0.250. The minimum atomic E-state index is -0.671. The molecule has 110 valence electrons. The molecule has 0 aliphatic heterocycles. The number of nitrogens with zero attached hydrogens (tertiary/aromatic N) is 4. The summed E-state index contributed by atoms with van der Waals surface area (Å²) >= 11 is 0. The van der Waals surface area contributed by atoms with E-state index in [9.17, 15) is 14.9 Å². The molecule has 0 fully saturated rings. The van der Waals surface area contributed by atoms with Crippen LogP contribution >= 0.6 is 0 Å². The Labute approximate surface area is 119 Å². The molecule has 0 aliphatic carbocycles. The second kappa shape index (κ2) is 6.46. The number of nitrogens with one attached hydrogen (secondary N) is 1. The van der Waals surface area contributed by atoms with Gasteiger partial charge in [-0.3, -0.25) is 10.1 Å². The third-order valence-corrected chi connectivity index (χ3v) is 2.71. The van der Waals surface area contributed by atoms with E-state index in [1.807, 2.05) is 4.57 Å². The van der Waals surface area contributed by atoms with E-state index in [0.717, 1.165) is 6.07 Å². The van der Waals surface area contributed by atoms with E-state index in [-0.39, 0.29) is 17.1 Å². The van der Waals surface area contributed by atoms with Gasteiger partial charge in [0, 0.05) is 37.7 Å². The highest BCUT2D eigenvalue weighted by molar-refractivity contribution is 5.90. The van der Waals surface area contributed by atoms with Gasteiger partial charge in [-0.15, -0.1) is 0 Å². The lowest BCUT2D eigenvalue weighted by atomic mass is 10.2. The molecule has 2 rings (SSSR count). The number of hydrogen-bond acceptors (Lipinski definition) is 7. The average Bonchev–Trinajstić information content (AvgIpc) is 2.99. The molecule has 0 aromatic carbocycles. The van der Waals surface area contributed by atoms with Gasteiger partial charge < -0.3 is 14.6 Å². The predicted molar refractivity (Wildman–Crippen MR) is 72.9 cm³/mol. The summed E-state index contributed by atoms with van der Waals surface area (Å²) in [5, 5.41) is 13.9. The van der Waals surface area contributed by atoms with Gasteiger partial charge in [-0.1, -0.05) is 0 Å². The summed E-state index contributed by atoms with van der Waals surface area (Å²) in [6.07, 6.45) is 6.30. The lowest BCUT2D eigenvalue weighted by molar-refractivity contribution is -0.384. The zero-order chi connectivity index (χ0) is 15.2. The molecular formula is C12H13N5O4. The highest BCUT2D eigenvalue weighted by Gasteiger charge is 2.19. The first-order valence-electron chi connectivity index (χ1n) is 6.04. The quantitative estimate of drug-likeness (QED) is 0.481. The molecule has 2 aromatic rings.